The van der Waals surface area contributed by atoms with Gasteiger partial charge in [-0.2, -0.15) is 0 Å². The summed E-state index contributed by atoms with van der Waals surface area (Å²) in [6.07, 6.45) is -3.45. The first-order valence-electron chi connectivity index (χ1n) is 14.6. The Bertz CT molecular complexity index is 971. The van der Waals surface area contributed by atoms with Gasteiger partial charge >= 0.3 is 24.4 Å². The molecule has 0 aliphatic rings. The zero-order valence-electron chi connectivity index (χ0n) is 29.1. The fourth-order valence-corrected chi connectivity index (χ4v) is 2.95. The first-order chi connectivity index (χ1) is 20.8. The molecule has 0 aliphatic heterocycles. The number of hydrogen-bond acceptors (Lipinski definition) is 13. The number of nitrogens with two attached hydrogens (primary N) is 1. The molecule has 0 spiro atoms. The summed E-state index contributed by atoms with van der Waals surface area (Å²) in [7, 11) is 0. The van der Waals surface area contributed by atoms with Gasteiger partial charge < -0.3 is 18.9 Å². The number of hydrogen-bond donors (Lipinski definition) is 6. The summed E-state index contributed by atoms with van der Waals surface area (Å²) in [5.74, 6) is 4.26. The number of aliphatic imine (C=N–C) groups is 2. The fourth-order valence-electron chi connectivity index (χ4n) is 2.95. The predicted molar refractivity (Wildman–Crippen MR) is 171 cm³/mol. The second-order valence-electron chi connectivity index (χ2n) is 13.8. The number of ether oxygens (including phenoxy) is 4. The molecule has 0 heterocycles. The lowest BCUT2D eigenvalue weighted by Crippen LogP contribution is -2.48. The molecule has 18 nitrogen and oxygen atoms in total. The molecular weight excluding hydrogens is 606 g/mol. The van der Waals surface area contributed by atoms with E-state index in [0.29, 0.717) is 0 Å². The Morgan fingerprint density at radius 3 is 1.02 bits per heavy atom. The number of rotatable bonds is 8. The van der Waals surface area contributed by atoms with Crippen molar-refractivity contribution in [1.29, 1.82) is 0 Å². The quantitative estimate of drug-likeness (QED) is 0.0551. The highest BCUT2D eigenvalue weighted by molar-refractivity contribution is 6.02. The molecule has 7 N–H and O–H groups in total. The minimum atomic E-state index is -0.862. The third kappa shape index (κ3) is 24.2. The molecule has 46 heavy (non-hydrogen) atoms. The van der Waals surface area contributed by atoms with Gasteiger partial charge in [0.15, 0.2) is 0 Å². The van der Waals surface area contributed by atoms with E-state index in [1.165, 1.54) is 0 Å². The maximum Gasteiger partial charge on any atom is 0.414 e. The lowest BCUT2D eigenvalue weighted by Gasteiger charge is -2.23. The molecule has 0 radical (unpaired) electrons. The number of carbonyl (C=O) groups excluding carboxylic acids is 5. The average molecular weight is 660 g/mol. The zero-order valence-corrected chi connectivity index (χ0v) is 29.1. The molecule has 0 saturated carbocycles. The van der Waals surface area contributed by atoms with Gasteiger partial charge in [0, 0.05) is 13.1 Å². The molecule has 0 saturated heterocycles. The van der Waals surface area contributed by atoms with Crippen molar-refractivity contribution in [2.75, 3.05) is 32.7 Å². The van der Waals surface area contributed by atoms with Gasteiger partial charge in [0.25, 0.3) is 0 Å². The highest BCUT2D eigenvalue weighted by Crippen LogP contribution is 2.09. The highest BCUT2D eigenvalue weighted by atomic mass is 16.6. The minimum absolute atomic E-state index is 0.0261. The molecule has 0 fully saturated rings. The van der Waals surface area contributed by atoms with Crippen LogP contribution in [0.2, 0.25) is 0 Å². The van der Waals surface area contributed by atoms with Crippen molar-refractivity contribution in [2.45, 2.75) is 105 Å². The summed E-state index contributed by atoms with van der Waals surface area (Å²) < 4.78 is 20.9. The Morgan fingerprint density at radius 2 is 0.804 bits per heavy atom. The van der Waals surface area contributed by atoms with Crippen LogP contribution < -0.4 is 32.5 Å². The van der Waals surface area contributed by atoms with Crippen LogP contribution in [0, 0.1) is 0 Å². The van der Waals surface area contributed by atoms with Crippen molar-refractivity contribution in [2.24, 2.45) is 15.8 Å². The van der Waals surface area contributed by atoms with Crippen LogP contribution >= 0.6 is 0 Å². The summed E-state index contributed by atoms with van der Waals surface area (Å²) in [5, 5.41) is 9.50. The second-order valence-corrected chi connectivity index (χ2v) is 13.8. The van der Waals surface area contributed by atoms with E-state index in [4.69, 9.17) is 24.8 Å². The number of nitrogens with zero attached hydrogens (tertiary/aromatic N) is 3. The molecule has 0 aromatic heterocycles. The third-order valence-electron chi connectivity index (χ3n) is 4.38. The van der Waals surface area contributed by atoms with E-state index in [-0.39, 0.29) is 44.6 Å². The molecule has 5 amide bonds. The first-order valence-corrected chi connectivity index (χ1v) is 14.6. The summed E-state index contributed by atoms with van der Waals surface area (Å²) in [5.41, 5.74) is -1.23. The van der Waals surface area contributed by atoms with E-state index in [9.17, 15) is 24.0 Å². The number of amides is 5. The van der Waals surface area contributed by atoms with E-state index in [2.05, 4.69) is 31.3 Å². The molecule has 0 aromatic carbocycles. The molecule has 0 bridgehead atoms. The second kappa shape index (κ2) is 18.1. The number of guanidine groups is 2. The van der Waals surface area contributed by atoms with Crippen molar-refractivity contribution in [3.8, 4) is 0 Å². The molecule has 0 atom stereocenters. The smallest absolute Gasteiger partial charge is 0.414 e. The van der Waals surface area contributed by atoms with Gasteiger partial charge in [0.05, 0.1) is 19.6 Å². The lowest BCUT2D eigenvalue weighted by atomic mass is 10.2. The van der Waals surface area contributed by atoms with Crippen LogP contribution in [0.15, 0.2) is 9.98 Å². The Hall–Kier alpha value is -4.19. The first kappa shape index (κ1) is 41.8. The van der Waals surface area contributed by atoms with Crippen molar-refractivity contribution in [3.63, 3.8) is 0 Å². The third-order valence-corrected chi connectivity index (χ3v) is 4.38. The van der Waals surface area contributed by atoms with Crippen molar-refractivity contribution < 1.29 is 42.9 Å². The number of nitrogens with one attached hydrogen (secondary N) is 5. The summed E-state index contributed by atoms with van der Waals surface area (Å²) in [6.45, 7) is 20.1. The van der Waals surface area contributed by atoms with Crippen LogP contribution in [0.3, 0.4) is 0 Å². The average Bonchev–Trinajstić information content (AvgIpc) is 2.78. The van der Waals surface area contributed by atoms with Crippen LogP contribution in [-0.4, -0.2) is 102 Å². The Labute approximate surface area is 270 Å². The topological polar surface area (TPSA) is 236 Å². The molecule has 264 valence electrons. The van der Waals surface area contributed by atoms with Crippen LogP contribution in [0.5, 0.6) is 0 Å². The largest absolute Gasteiger partial charge is 0.444 e. The van der Waals surface area contributed by atoms with E-state index >= 15 is 0 Å². The molecule has 18 heteroatoms. The Kier molecular flexibility index (Phi) is 16.4. The van der Waals surface area contributed by atoms with Gasteiger partial charge in [-0.25, -0.2) is 25.0 Å². The standard InChI is InChI=1S/C28H53N9O9/c1-25(2,3)43-21(39)32-19(33-22(40)44-26(4,5)6)30-13-15-37(17-18(38)36-29)16-14-31-20(34-23(41)45-27(7,8)9)35-24(42)46-28(10,11)12/h13-17,29H2,1-12H3,(H,36,38)(H2,30,32,33,39,40)(H2,31,34,35,41,42). The van der Waals surface area contributed by atoms with Crippen LogP contribution in [0.25, 0.3) is 0 Å². The van der Waals surface area contributed by atoms with E-state index in [0.717, 1.165) is 0 Å². The summed E-state index contributed by atoms with van der Waals surface area (Å²) in [4.78, 5) is 71.6. The summed E-state index contributed by atoms with van der Waals surface area (Å²) in [6, 6.07) is 0. The number of carbonyl (C=O) groups is 5. The van der Waals surface area contributed by atoms with Gasteiger partial charge in [0.2, 0.25) is 17.8 Å². The molecule has 0 unspecified atom stereocenters. The number of hydrazine groups is 1. The minimum Gasteiger partial charge on any atom is -0.444 e. The highest BCUT2D eigenvalue weighted by Gasteiger charge is 2.23. The van der Waals surface area contributed by atoms with Gasteiger partial charge in [-0.1, -0.05) is 0 Å². The van der Waals surface area contributed by atoms with Crippen molar-refractivity contribution in [1.82, 2.24) is 31.6 Å². The molecular formula is C28H53N9O9. The van der Waals surface area contributed by atoms with Gasteiger partial charge in [-0.15, -0.1) is 0 Å². The maximum atomic E-state index is 12.4. The van der Waals surface area contributed by atoms with Crippen LogP contribution in [0.4, 0.5) is 19.2 Å². The Morgan fingerprint density at radius 1 is 0.543 bits per heavy atom. The van der Waals surface area contributed by atoms with Gasteiger partial charge in [-0.3, -0.25) is 46.4 Å². The fraction of sp³-hybridized carbons (Fsp3) is 0.750. The molecule has 0 rings (SSSR count). The van der Waals surface area contributed by atoms with Crippen molar-refractivity contribution in [3.05, 3.63) is 0 Å². The van der Waals surface area contributed by atoms with Crippen LogP contribution in [0.1, 0.15) is 83.1 Å². The lowest BCUT2D eigenvalue weighted by molar-refractivity contribution is -0.122. The monoisotopic (exact) mass is 659 g/mol. The Balaban J connectivity index is 5.86. The van der Waals surface area contributed by atoms with Gasteiger partial charge in [0.1, 0.15) is 22.4 Å². The predicted octanol–water partition coefficient (Wildman–Crippen LogP) is 2.09. The zero-order chi connectivity index (χ0) is 35.9. The summed E-state index contributed by atoms with van der Waals surface area (Å²) >= 11 is 0. The molecule has 0 aromatic rings. The van der Waals surface area contributed by atoms with E-state index < -0.39 is 52.7 Å². The maximum absolute atomic E-state index is 12.4. The van der Waals surface area contributed by atoms with E-state index in [1.54, 1.807) is 88.0 Å². The number of alkyl carbamates (subject to hydrolysis) is 4. The van der Waals surface area contributed by atoms with Crippen molar-refractivity contribution >= 4 is 42.2 Å². The SMILES string of the molecule is CC(C)(C)OC(=O)NC(=NCCN(CCN=C(NC(=O)OC(C)(C)C)NC(=O)OC(C)(C)C)CC(=O)NN)NC(=O)OC(C)(C)C. The molecule has 0 aliphatic carbocycles. The van der Waals surface area contributed by atoms with Gasteiger partial charge in [-0.05, 0) is 83.1 Å². The van der Waals surface area contributed by atoms with E-state index in [1.807, 2.05) is 5.43 Å². The van der Waals surface area contributed by atoms with Crippen LogP contribution in [-0.2, 0) is 23.7 Å². The normalized spacial score (nSPS) is 11.8.